The fourth-order valence-electron chi connectivity index (χ4n) is 2.38. The molecule has 138 valence electrons. The second-order valence-corrected chi connectivity index (χ2v) is 6.03. The normalized spacial score (nSPS) is 10.4. The summed E-state index contributed by atoms with van der Waals surface area (Å²) in [5, 5.41) is 6.80. The highest BCUT2D eigenvalue weighted by Gasteiger charge is 2.10. The lowest BCUT2D eigenvalue weighted by atomic mass is 10.2. The van der Waals surface area contributed by atoms with Gasteiger partial charge in [0.2, 0.25) is 5.88 Å². The molecule has 27 heavy (non-hydrogen) atoms. The van der Waals surface area contributed by atoms with Crippen LogP contribution in [0.15, 0.2) is 59.5 Å². The second kappa shape index (κ2) is 8.27. The van der Waals surface area contributed by atoms with Crippen molar-refractivity contribution in [1.82, 2.24) is 14.8 Å². The molecular weight excluding hydrogens is 344 g/mol. The number of benzene rings is 1. The molecule has 1 N–H and O–H groups in total. The van der Waals surface area contributed by atoms with Crippen LogP contribution >= 0.6 is 0 Å². The molecule has 0 saturated carbocycles. The van der Waals surface area contributed by atoms with Gasteiger partial charge >= 0.3 is 0 Å². The number of aromatic nitrogens is 3. The molecule has 0 aliphatic rings. The lowest BCUT2D eigenvalue weighted by Gasteiger charge is -2.08. The average molecular weight is 364 g/mol. The number of pyridine rings is 1. The molecular formula is C20H20N4O3. The van der Waals surface area contributed by atoms with Gasteiger partial charge < -0.3 is 10.1 Å². The summed E-state index contributed by atoms with van der Waals surface area (Å²) in [7, 11) is 0. The first-order valence-electron chi connectivity index (χ1n) is 8.65. The van der Waals surface area contributed by atoms with Crippen LogP contribution in [0.2, 0.25) is 0 Å². The lowest BCUT2D eigenvalue weighted by Crippen LogP contribution is -2.26. The number of anilines is 1. The molecule has 0 spiro atoms. The van der Waals surface area contributed by atoms with Crippen molar-refractivity contribution in [2.45, 2.75) is 26.8 Å². The van der Waals surface area contributed by atoms with E-state index in [1.807, 2.05) is 38.1 Å². The number of rotatable bonds is 6. The maximum absolute atomic E-state index is 12.3. The van der Waals surface area contributed by atoms with Gasteiger partial charge in [0.25, 0.3) is 11.5 Å². The van der Waals surface area contributed by atoms with Crippen molar-refractivity contribution >= 4 is 11.6 Å². The number of hydrogen-bond donors (Lipinski definition) is 1. The summed E-state index contributed by atoms with van der Waals surface area (Å²) < 4.78 is 6.94. The van der Waals surface area contributed by atoms with Crippen molar-refractivity contribution in [2.75, 3.05) is 5.32 Å². The van der Waals surface area contributed by atoms with Crippen LogP contribution < -0.4 is 15.6 Å². The summed E-state index contributed by atoms with van der Waals surface area (Å²) in [6, 6.07) is 13.7. The highest BCUT2D eigenvalue weighted by molar-refractivity contribution is 6.02. The van der Waals surface area contributed by atoms with E-state index in [4.69, 9.17) is 4.74 Å². The van der Waals surface area contributed by atoms with Crippen molar-refractivity contribution in [3.63, 3.8) is 0 Å². The smallest absolute Gasteiger partial charge is 0.276 e. The van der Waals surface area contributed by atoms with Crippen molar-refractivity contribution < 1.29 is 9.53 Å². The van der Waals surface area contributed by atoms with Crippen LogP contribution in [0, 0.1) is 6.92 Å². The monoisotopic (exact) mass is 364 g/mol. The molecule has 0 atom stereocenters. The van der Waals surface area contributed by atoms with Gasteiger partial charge in [-0.2, -0.15) is 5.10 Å². The van der Waals surface area contributed by atoms with Gasteiger partial charge in [0, 0.05) is 18.7 Å². The maximum Gasteiger partial charge on any atom is 0.276 e. The fourth-order valence-corrected chi connectivity index (χ4v) is 2.38. The van der Waals surface area contributed by atoms with Crippen LogP contribution in [0.1, 0.15) is 29.4 Å². The largest absolute Gasteiger partial charge is 0.439 e. The summed E-state index contributed by atoms with van der Waals surface area (Å²) in [6.07, 6.45) is 2.26. The standard InChI is InChI=1S/C20H20N4O3/c1-3-12-24-19(25)11-9-17(23-24)20(26)22-15-6-10-18(21-13-15)27-16-7-4-14(2)5-8-16/h4-11,13H,3,12H2,1-2H3,(H,22,26). The van der Waals surface area contributed by atoms with Gasteiger partial charge in [-0.15, -0.1) is 0 Å². The molecule has 1 amide bonds. The molecule has 1 aromatic carbocycles. The van der Waals surface area contributed by atoms with E-state index in [2.05, 4.69) is 15.4 Å². The summed E-state index contributed by atoms with van der Waals surface area (Å²) in [4.78, 5) is 28.2. The van der Waals surface area contributed by atoms with E-state index in [1.54, 1.807) is 12.1 Å². The number of nitrogens with one attached hydrogen (secondary N) is 1. The predicted octanol–water partition coefficient (Wildman–Crippen LogP) is 3.40. The van der Waals surface area contributed by atoms with E-state index in [1.165, 1.54) is 23.0 Å². The highest BCUT2D eigenvalue weighted by atomic mass is 16.5. The molecule has 2 heterocycles. The lowest BCUT2D eigenvalue weighted by molar-refractivity contribution is 0.101. The number of ether oxygens (including phenoxy) is 1. The van der Waals surface area contributed by atoms with E-state index >= 15 is 0 Å². The number of carbonyl (C=O) groups is 1. The summed E-state index contributed by atoms with van der Waals surface area (Å²) in [5.74, 6) is 0.701. The Hall–Kier alpha value is -3.48. The molecule has 0 aliphatic heterocycles. The van der Waals surface area contributed by atoms with E-state index in [0.717, 1.165) is 12.0 Å². The first-order chi connectivity index (χ1) is 13.0. The van der Waals surface area contributed by atoms with Gasteiger partial charge in [0.05, 0.1) is 11.9 Å². The average Bonchev–Trinajstić information content (AvgIpc) is 2.67. The molecule has 0 unspecified atom stereocenters. The summed E-state index contributed by atoms with van der Waals surface area (Å²) in [6.45, 7) is 4.40. The van der Waals surface area contributed by atoms with E-state index in [-0.39, 0.29) is 11.3 Å². The van der Waals surface area contributed by atoms with Crippen molar-refractivity contribution in [3.8, 4) is 11.6 Å². The first-order valence-corrected chi connectivity index (χ1v) is 8.65. The van der Waals surface area contributed by atoms with Crippen LogP contribution in [0.3, 0.4) is 0 Å². The number of amides is 1. The number of hydrogen-bond acceptors (Lipinski definition) is 5. The third kappa shape index (κ3) is 4.78. The van der Waals surface area contributed by atoms with Crippen molar-refractivity contribution in [3.05, 3.63) is 76.3 Å². The SMILES string of the molecule is CCCn1nc(C(=O)Nc2ccc(Oc3ccc(C)cc3)nc2)ccc1=O. The Bertz CT molecular complexity index is 979. The van der Waals surface area contributed by atoms with E-state index in [9.17, 15) is 9.59 Å². The van der Waals surface area contributed by atoms with Gasteiger partial charge in [-0.3, -0.25) is 9.59 Å². The second-order valence-electron chi connectivity index (χ2n) is 6.03. The Kier molecular flexibility index (Phi) is 5.61. The van der Waals surface area contributed by atoms with Crippen LogP contribution in [-0.4, -0.2) is 20.7 Å². The molecule has 3 rings (SSSR count). The summed E-state index contributed by atoms with van der Waals surface area (Å²) in [5.41, 5.74) is 1.59. The molecule has 0 fully saturated rings. The molecule has 3 aromatic rings. The Balaban J connectivity index is 1.67. The fraction of sp³-hybridized carbons (Fsp3) is 0.200. The topological polar surface area (TPSA) is 86.1 Å². The zero-order chi connectivity index (χ0) is 19.2. The van der Waals surface area contributed by atoms with Crippen LogP contribution in [0.5, 0.6) is 11.6 Å². The van der Waals surface area contributed by atoms with Crippen molar-refractivity contribution in [1.29, 1.82) is 0 Å². The molecule has 2 aromatic heterocycles. The number of carbonyl (C=O) groups excluding carboxylic acids is 1. The van der Waals surface area contributed by atoms with Gasteiger partial charge in [-0.05, 0) is 37.6 Å². The van der Waals surface area contributed by atoms with Crippen LogP contribution in [0.4, 0.5) is 5.69 Å². The molecule has 0 aliphatic carbocycles. The minimum Gasteiger partial charge on any atom is -0.439 e. The van der Waals surface area contributed by atoms with Gasteiger partial charge in [0.15, 0.2) is 0 Å². The Morgan fingerprint density at radius 3 is 2.56 bits per heavy atom. The quantitative estimate of drug-likeness (QED) is 0.724. The zero-order valence-corrected chi connectivity index (χ0v) is 15.2. The highest BCUT2D eigenvalue weighted by Crippen LogP contribution is 2.20. The van der Waals surface area contributed by atoms with Crippen LogP contribution in [-0.2, 0) is 6.54 Å². The minimum atomic E-state index is -0.408. The van der Waals surface area contributed by atoms with Gasteiger partial charge in [-0.25, -0.2) is 9.67 Å². The molecule has 7 heteroatoms. The third-order valence-corrected chi connectivity index (χ3v) is 3.77. The summed E-state index contributed by atoms with van der Waals surface area (Å²) >= 11 is 0. The molecule has 7 nitrogen and oxygen atoms in total. The van der Waals surface area contributed by atoms with E-state index in [0.29, 0.717) is 23.9 Å². The van der Waals surface area contributed by atoms with Gasteiger partial charge in [0.1, 0.15) is 11.4 Å². The minimum absolute atomic E-state index is 0.169. The van der Waals surface area contributed by atoms with Gasteiger partial charge in [-0.1, -0.05) is 24.6 Å². The molecule has 0 bridgehead atoms. The van der Waals surface area contributed by atoms with Crippen LogP contribution in [0.25, 0.3) is 0 Å². The Morgan fingerprint density at radius 1 is 1.11 bits per heavy atom. The van der Waals surface area contributed by atoms with Crippen molar-refractivity contribution in [2.24, 2.45) is 0 Å². The Morgan fingerprint density at radius 2 is 1.89 bits per heavy atom. The zero-order valence-electron chi connectivity index (χ0n) is 15.2. The number of nitrogens with zero attached hydrogens (tertiary/aromatic N) is 3. The third-order valence-electron chi connectivity index (χ3n) is 3.77. The molecule has 0 radical (unpaired) electrons. The maximum atomic E-state index is 12.3. The predicted molar refractivity (Wildman–Crippen MR) is 102 cm³/mol. The Labute approximate surface area is 156 Å². The molecule has 0 saturated heterocycles. The van der Waals surface area contributed by atoms with E-state index < -0.39 is 5.91 Å². The first kappa shape index (κ1) is 18.3. The number of aryl methyl sites for hydroxylation is 2.